The lowest BCUT2D eigenvalue weighted by atomic mass is 9.98. The van der Waals surface area contributed by atoms with Crippen LogP contribution in [-0.4, -0.2) is 0 Å². The van der Waals surface area contributed by atoms with Gasteiger partial charge in [0, 0.05) is 37.2 Å². The summed E-state index contributed by atoms with van der Waals surface area (Å²) in [6.45, 7) is 0. The van der Waals surface area contributed by atoms with E-state index in [-0.39, 0.29) is 20.2 Å². The summed E-state index contributed by atoms with van der Waals surface area (Å²) < 4.78 is 249. The topological polar surface area (TPSA) is 3.24 Å². The van der Waals surface area contributed by atoms with Gasteiger partial charge in [0.1, 0.15) is 0 Å². The molecule has 1 nitrogen and oxygen atoms in total. The summed E-state index contributed by atoms with van der Waals surface area (Å²) in [5, 5.41) is -2.74. The van der Waals surface area contributed by atoms with E-state index in [0.29, 0.717) is 16.2 Å². The number of nitrogens with zero attached hydrogens (tertiary/aromatic N) is 1. The minimum Gasteiger partial charge on any atom is -0.310 e. The van der Waals surface area contributed by atoms with Crippen LogP contribution in [0.3, 0.4) is 0 Å². The molecule has 0 spiro atoms. The Hall–Kier alpha value is -5.70. The third-order valence-corrected chi connectivity index (χ3v) is 7.92. The van der Waals surface area contributed by atoms with Crippen molar-refractivity contribution in [3.63, 3.8) is 0 Å². The minimum atomic E-state index is -1.16. The maximum atomic E-state index is 9.98. The van der Waals surface area contributed by atoms with Crippen LogP contribution in [0.1, 0.15) is 38.4 Å². The molecule has 0 N–H and O–H groups in total. The van der Waals surface area contributed by atoms with Crippen LogP contribution in [0.15, 0.2) is 175 Å². The Kier molecular flexibility index (Phi) is 2.56. The lowest BCUT2D eigenvalue weighted by molar-refractivity contribution is 1.29. The summed E-state index contributed by atoms with van der Waals surface area (Å²) in [4.78, 5) is 0.517. The van der Waals surface area contributed by atoms with Crippen molar-refractivity contribution in [1.82, 2.24) is 0 Å². The largest absolute Gasteiger partial charge is 0.310 e. The lowest BCUT2D eigenvalue weighted by Gasteiger charge is -2.26. The number of hydrogen-bond donors (Lipinski definition) is 0. The van der Waals surface area contributed by atoms with Crippen molar-refractivity contribution < 1.29 is 38.4 Å². The van der Waals surface area contributed by atoms with Crippen LogP contribution < -0.4 is 4.90 Å². The van der Waals surface area contributed by atoms with Crippen molar-refractivity contribution in [3.8, 4) is 22.3 Å². The van der Waals surface area contributed by atoms with Gasteiger partial charge >= 0.3 is 0 Å². The van der Waals surface area contributed by atoms with Crippen molar-refractivity contribution in [3.05, 3.63) is 175 Å². The van der Waals surface area contributed by atoms with E-state index in [4.69, 9.17) is 21.9 Å². The number of benzene rings is 8. The molecule has 0 saturated heterocycles. The van der Waals surface area contributed by atoms with E-state index in [1.165, 1.54) is 0 Å². The Morgan fingerprint density at radius 1 is 0.370 bits per heavy atom. The van der Waals surface area contributed by atoms with E-state index < -0.39 is 230 Å². The van der Waals surface area contributed by atoms with E-state index in [2.05, 4.69) is 0 Å². The zero-order valence-electron chi connectivity index (χ0n) is 50.9. The second-order valence-corrected chi connectivity index (χ2v) is 10.6. The molecule has 0 unspecified atom stereocenters. The first kappa shape index (κ1) is 10.7. The Morgan fingerprint density at radius 2 is 0.935 bits per heavy atom. The highest BCUT2D eigenvalue weighted by molar-refractivity contribution is 7.25. The van der Waals surface area contributed by atoms with Crippen LogP contribution in [0.5, 0.6) is 0 Å². The Morgan fingerprint density at radius 3 is 1.70 bits per heavy atom. The molecule has 0 bridgehead atoms. The standard InChI is InChI=1S/C44H29NS/c1-3-9-30(10-4-1)32-17-22-36(23-18-32)45(37-24-19-33(20-25-37)31-11-5-2-6-12-31)38-26-21-34-15-16-35-27-44-42(29-41(35)40(34)28-38)39-13-7-8-14-43(39)46-44/h1-29H/i1D,2D,3D,4D,5D,6D,7D,8D,9D,10D,11D,12D,13D,14D,15D,16D,17D,18D,19D,20D,21D,22D,23D,24D,26D,27D,28D,29D. The summed E-state index contributed by atoms with van der Waals surface area (Å²) in [6, 6.07) is -24.0. The highest BCUT2D eigenvalue weighted by Crippen LogP contribution is 2.41. The molecule has 2 heteroatoms. The predicted octanol–water partition coefficient (Wildman–Crippen LogP) is 13.2. The van der Waals surface area contributed by atoms with Gasteiger partial charge < -0.3 is 4.90 Å². The maximum absolute atomic E-state index is 9.98. The molecule has 0 aliphatic heterocycles. The molecular weight excluding hydrogens is 575 g/mol. The molecule has 0 fully saturated rings. The van der Waals surface area contributed by atoms with Gasteiger partial charge in [-0.25, -0.2) is 0 Å². The Labute approximate surface area is 311 Å². The molecule has 1 aromatic heterocycles. The van der Waals surface area contributed by atoms with Crippen LogP contribution in [0.25, 0.3) is 64.0 Å². The van der Waals surface area contributed by atoms with Crippen molar-refractivity contribution in [2.75, 3.05) is 4.90 Å². The smallest absolute Gasteiger partial charge is 0.0652 e. The molecule has 9 rings (SSSR count). The molecule has 0 radical (unpaired) electrons. The van der Waals surface area contributed by atoms with Gasteiger partial charge in [-0.15, -0.1) is 11.3 Å². The first-order valence-electron chi connectivity index (χ1n) is 27.4. The molecule has 216 valence electrons. The highest BCUT2D eigenvalue weighted by atomic mass is 32.1. The van der Waals surface area contributed by atoms with Gasteiger partial charge in [0.15, 0.2) is 0 Å². The molecule has 0 atom stereocenters. The summed E-state index contributed by atoms with van der Waals surface area (Å²) in [7, 11) is 0. The normalized spacial score (nSPS) is 20.0. The summed E-state index contributed by atoms with van der Waals surface area (Å²) in [5.41, 5.74) is -5.82. The second-order valence-electron chi connectivity index (χ2n) is 9.59. The molecule has 0 aliphatic carbocycles. The van der Waals surface area contributed by atoms with E-state index in [9.17, 15) is 16.4 Å². The number of rotatable bonds is 5. The SMILES string of the molecule is [2H]c1cc(N(c2c([2H])c([2H])c(-c3c([2H])c([2H])c([2H])c([2H])c3[2H])c([2H])c2[2H])c2c([2H])c([2H])c3c([2H])c([2H])c4c([2H])c5sc6c([2H])c([2H])c([2H])c([2H])c6c5c([2H])c4c3c2[2H])c([2H])c([2H])c1-c1c([2H])c([2H])c([2H])c([2H])c1[2H]. The summed E-state index contributed by atoms with van der Waals surface area (Å²) in [6.07, 6.45) is 0. The minimum absolute atomic E-state index is 0.0827. The first-order valence-corrected chi connectivity index (χ1v) is 14.2. The van der Waals surface area contributed by atoms with Gasteiger partial charge in [0.25, 0.3) is 0 Å². The Balaban J connectivity index is 1.50. The van der Waals surface area contributed by atoms with Gasteiger partial charge in [0.2, 0.25) is 0 Å². The van der Waals surface area contributed by atoms with Crippen molar-refractivity contribution >= 4 is 70.1 Å². The molecule has 0 saturated carbocycles. The van der Waals surface area contributed by atoms with Crippen LogP contribution in [0.2, 0.25) is 0 Å². The van der Waals surface area contributed by atoms with Gasteiger partial charge in [-0.3, -0.25) is 0 Å². The second kappa shape index (κ2) is 11.0. The number of hydrogen-bond acceptors (Lipinski definition) is 2. The van der Waals surface area contributed by atoms with Crippen molar-refractivity contribution in [2.24, 2.45) is 0 Å². The number of fused-ring (bicyclic) bond motifs is 6. The molecule has 8 aromatic carbocycles. The first-order chi connectivity index (χ1) is 34.5. The summed E-state index contributed by atoms with van der Waals surface area (Å²) in [5.74, 6) is 0. The monoisotopic (exact) mass is 631 g/mol. The van der Waals surface area contributed by atoms with Gasteiger partial charge in [-0.2, -0.15) is 0 Å². The fourth-order valence-electron chi connectivity index (χ4n) is 4.83. The van der Waals surface area contributed by atoms with Gasteiger partial charge in [0.05, 0.1) is 38.4 Å². The fraction of sp³-hybridized carbons (Fsp3) is 0. The quantitative estimate of drug-likeness (QED) is 0.171. The zero-order chi connectivity index (χ0) is 54.8. The number of thiophene rings is 1. The maximum Gasteiger partial charge on any atom is 0.0652 e. The molecular formula is C44H29NS. The zero-order valence-corrected chi connectivity index (χ0v) is 23.7. The number of anilines is 3. The molecule has 9 aromatic rings. The van der Waals surface area contributed by atoms with Crippen LogP contribution in [-0.2, 0) is 0 Å². The lowest BCUT2D eigenvalue weighted by Crippen LogP contribution is -2.09. The van der Waals surface area contributed by atoms with Gasteiger partial charge in [-0.05, 0) is 98.2 Å². The Bertz CT molecular complexity index is 4040. The predicted molar refractivity (Wildman–Crippen MR) is 200 cm³/mol. The van der Waals surface area contributed by atoms with Gasteiger partial charge in [-0.1, -0.05) is 121 Å². The molecule has 1 heterocycles. The van der Waals surface area contributed by atoms with E-state index >= 15 is 0 Å². The van der Waals surface area contributed by atoms with Crippen molar-refractivity contribution in [2.45, 2.75) is 0 Å². The van der Waals surface area contributed by atoms with E-state index in [0.717, 1.165) is 6.07 Å². The molecule has 0 aliphatic rings. The van der Waals surface area contributed by atoms with E-state index in [1.807, 2.05) is 0 Å². The van der Waals surface area contributed by atoms with Crippen LogP contribution in [0.4, 0.5) is 17.1 Å². The molecule has 0 amide bonds. The van der Waals surface area contributed by atoms with Crippen LogP contribution >= 0.6 is 11.3 Å². The average molecular weight is 632 g/mol. The average Bonchev–Trinajstić information content (AvgIpc) is 3.78. The van der Waals surface area contributed by atoms with E-state index in [1.54, 1.807) is 0 Å². The molecule has 46 heavy (non-hydrogen) atoms. The summed E-state index contributed by atoms with van der Waals surface area (Å²) >= 11 is 0.704. The third-order valence-electron chi connectivity index (χ3n) is 6.90. The van der Waals surface area contributed by atoms with Crippen molar-refractivity contribution in [1.29, 1.82) is 0 Å². The van der Waals surface area contributed by atoms with Crippen LogP contribution in [0, 0.1) is 0 Å². The fourth-order valence-corrected chi connectivity index (χ4v) is 5.80. The third kappa shape index (κ3) is 4.63. The highest BCUT2D eigenvalue weighted by Gasteiger charge is 2.15.